The molecular formula is C19H29N5O2. The van der Waals surface area contributed by atoms with Gasteiger partial charge in [0.25, 0.3) is 0 Å². The Morgan fingerprint density at radius 3 is 2.85 bits per heavy atom. The fraction of sp³-hybridized carbons (Fsp3) is 0.737. The van der Waals surface area contributed by atoms with E-state index in [4.69, 9.17) is 4.74 Å². The smallest absolute Gasteiger partial charge is 0.227 e. The lowest BCUT2D eigenvalue weighted by atomic mass is 9.84. The van der Waals surface area contributed by atoms with Crippen molar-refractivity contribution in [1.29, 1.82) is 0 Å². The molecule has 1 N–H and O–H groups in total. The molecule has 0 bridgehead atoms. The van der Waals surface area contributed by atoms with Gasteiger partial charge in [-0.25, -0.2) is 4.98 Å². The van der Waals surface area contributed by atoms with Crippen molar-refractivity contribution in [2.24, 2.45) is 5.92 Å². The van der Waals surface area contributed by atoms with E-state index in [1.54, 1.807) is 6.20 Å². The van der Waals surface area contributed by atoms with Gasteiger partial charge in [0.2, 0.25) is 11.9 Å². The highest BCUT2D eigenvalue weighted by Gasteiger charge is 2.41. The SMILES string of the molecule is CNc1ccnc(N2CCC3(CC2)CN(CC2CCC2)C(=O)CCO3)n1. The number of piperidine rings is 1. The van der Waals surface area contributed by atoms with Crippen LogP contribution < -0.4 is 10.2 Å². The molecule has 1 spiro atoms. The minimum absolute atomic E-state index is 0.201. The monoisotopic (exact) mass is 359 g/mol. The summed E-state index contributed by atoms with van der Waals surface area (Å²) in [5.74, 6) is 2.56. The molecule has 0 radical (unpaired) electrons. The van der Waals surface area contributed by atoms with Crippen LogP contribution in [0.15, 0.2) is 12.3 Å². The maximum atomic E-state index is 12.5. The third kappa shape index (κ3) is 3.63. The molecule has 1 aliphatic carbocycles. The lowest BCUT2D eigenvalue weighted by molar-refractivity contribution is -0.132. The first-order chi connectivity index (χ1) is 12.7. The molecule has 2 aliphatic heterocycles. The zero-order valence-corrected chi connectivity index (χ0v) is 15.6. The van der Waals surface area contributed by atoms with Gasteiger partial charge >= 0.3 is 0 Å². The summed E-state index contributed by atoms with van der Waals surface area (Å²) in [6, 6.07) is 1.87. The Morgan fingerprint density at radius 2 is 2.15 bits per heavy atom. The van der Waals surface area contributed by atoms with Gasteiger partial charge in [0, 0.05) is 39.4 Å². The van der Waals surface area contributed by atoms with Crippen LogP contribution in [-0.4, -0.2) is 66.2 Å². The van der Waals surface area contributed by atoms with Crippen LogP contribution >= 0.6 is 0 Å². The summed E-state index contributed by atoms with van der Waals surface area (Å²) in [6.45, 7) is 3.93. The molecule has 142 valence electrons. The van der Waals surface area contributed by atoms with Gasteiger partial charge in [0.15, 0.2) is 0 Å². The predicted molar refractivity (Wildman–Crippen MR) is 100 cm³/mol. The van der Waals surface area contributed by atoms with Gasteiger partial charge in [0.05, 0.1) is 18.6 Å². The van der Waals surface area contributed by atoms with E-state index in [1.165, 1.54) is 19.3 Å². The Hall–Kier alpha value is -1.89. The number of carbonyl (C=O) groups is 1. The summed E-state index contributed by atoms with van der Waals surface area (Å²) in [7, 11) is 1.87. The zero-order valence-electron chi connectivity index (χ0n) is 15.6. The number of hydrogen-bond acceptors (Lipinski definition) is 6. The zero-order chi connectivity index (χ0) is 18.0. The minimum atomic E-state index is -0.201. The summed E-state index contributed by atoms with van der Waals surface area (Å²) in [5, 5.41) is 3.06. The van der Waals surface area contributed by atoms with Crippen LogP contribution in [0.1, 0.15) is 38.5 Å². The van der Waals surface area contributed by atoms with Gasteiger partial charge in [-0.2, -0.15) is 4.98 Å². The number of hydrogen-bond donors (Lipinski definition) is 1. The van der Waals surface area contributed by atoms with E-state index >= 15 is 0 Å². The highest BCUT2D eigenvalue weighted by molar-refractivity contribution is 5.76. The molecule has 1 aromatic rings. The number of anilines is 2. The summed E-state index contributed by atoms with van der Waals surface area (Å²) in [6.07, 6.45) is 7.98. The first-order valence-electron chi connectivity index (χ1n) is 9.85. The molecule has 4 rings (SSSR count). The summed E-state index contributed by atoms with van der Waals surface area (Å²) in [4.78, 5) is 25.8. The summed E-state index contributed by atoms with van der Waals surface area (Å²) >= 11 is 0. The lowest BCUT2D eigenvalue weighted by Gasteiger charge is -2.43. The first-order valence-corrected chi connectivity index (χ1v) is 9.85. The van der Waals surface area contributed by atoms with E-state index < -0.39 is 0 Å². The van der Waals surface area contributed by atoms with E-state index in [-0.39, 0.29) is 11.5 Å². The average Bonchev–Trinajstić information content (AvgIpc) is 2.78. The average molecular weight is 359 g/mol. The number of nitrogens with one attached hydrogen (secondary N) is 1. The van der Waals surface area contributed by atoms with Gasteiger partial charge in [-0.15, -0.1) is 0 Å². The molecule has 3 fully saturated rings. The van der Waals surface area contributed by atoms with Crippen molar-refractivity contribution >= 4 is 17.7 Å². The number of carbonyl (C=O) groups excluding carboxylic acids is 1. The number of ether oxygens (including phenoxy) is 1. The molecule has 26 heavy (non-hydrogen) atoms. The van der Waals surface area contributed by atoms with Crippen molar-refractivity contribution < 1.29 is 9.53 Å². The van der Waals surface area contributed by atoms with Crippen molar-refractivity contribution in [3.05, 3.63) is 12.3 Å². The molecule has 7 heteroatoms. The fourth-order valence-electron chi connectivity index (χ4n) is 4.20. The van der Waals surface area contributed by atoms with Crippen LogP contribution in [0, 0.1) is 5.92 Å². The Kier molecular flexibility index (Phi) is 4.98. The second-order valence-electron chi connectivity index (χ2n) is 7.83. The Labute approximate surface area is 155 Å². The molecule has 0 aromatic carbocycles. The number of aromatic nitrogens is 2. The van der Waals surface area contributed by atoms with E-state index in [0.29, 0.717) is 18.9 Å². The van der Waals surface area contributed by atoms with Gasteiger partial charge < -0.3 is 19.9 Å². The highest BCUT2D eigenvalue weighted by atomic mass is 16.5. The maximum absolute atomic E-state index is 12.5. The number of rotatable bonds is 4. The van der Waals surface area contributed by atoms with E-state index in [2.05, 4.69) is 25.1 Å². The molecule has 2 saturated heterocycles. The Balaban J connectivity index is 1.41. The second-order valence-corrected chi connectivity index (χ2v) is 7.83. The molecule has 3 aliphatic rings. The van der Waals surface area contributed by atoms with Gasteiger partial charge in [-0.3, -0.25) is 4.79 Å². The van der Waals surface area contributed by atoms with Crippen LogP contribution in [0.5, 0.6) is 0 Å². The Morgan fingerprint density at radius 1 is 1.35 bits per heavy atom. The molecule has 1 aromatic heterocycles. The van der Waals surface area contributed by atoms with Crippen LogP contribution in [0.3, 0.4) is 0 Å². The van der Waals surface area contributed by atoms with E-state index in [9.17, 15) is 4.79 Å². The lowest BCUT2D eigenvalue weighted by Crippen LogP contribution is -2.53. The van der Waals surface area contributed by atoms with Crippen LogP contribution in [-0.2, 0) is 9.53 Å². The molecule has 7 nitrogen and oxygen atoms in total. The summed E-state index contributed by atoms with van der Waals surface area (Å²) < 4.78 is 6.25. The molecule has 0 unspecified atom stereocenters. The minimum Gasteiger partial charge on any atom is -0.373 e. The standard InChI is InChI=1S/C19H29N5O2/c1-20-16-5-9-21-18(22-16)23-10-7-19(8-11-23)14-24(13-15-3-2-4-15)17(25)6-12-26-19/h5,9,15H,2-4,6-8,10-14H2,1H3,(H,20,21,22). The van der Waals surface area contributed by atoms with Crippen molar-refractivity contribution in [2.45, 2.75) is 44.1 Å². The van der Waals surface area contributed by atoms with Crippen molar-refractivity contribution in [1.82, 2.24) is 14.9 Å². The quantitative estimate of drug-likeness (QED) is 0.885. The van der Waals surface area contributed by atoms with Gasteiger partial charge in [-0.1, -0.05) is 6.42 Å². The van der Waals surface area contributed by atoms with Crippen molar-refractivity contribution in [2.75, 3.05) is 50.1 Å². The highest BCUT2D eigenvalue weighted by Crippen LogP contribution is 2.33. The molecule has 0 atom stereocenters. The predicted octanol–water partition coefficient (Wildman–Crippen LogP) is 1.91. The number of amides is 1. The second kappa shape index (κ2) is 7.39. The van der Waals surface area contributed by atoms with Crippen molar-refractivity contribution in [3.8, 4) is 0 Å². The van der Waals surface area contributed by atoms with Gasteiger partial charge in [0.1, 0.15) is 5.82 Å². The molecular weight excluding hydrogens is 330 g/mol. The Bertz CT molecular complexity index is 641. The third-order valence-electron chi connectivity index (χ3n) is 6.12. The molecule has 1 amide bonds. The van der Waals surface area contributed by atoms with Gasteiger partial charge in [-0.05, 0) is 37.7 Å². The first kappa shape index (κ1) is 17.5. The summed E-state index contributed by atoms with van der Waals surface area (Å²) in [5.41, 5.74) is -0.201. The number of nitrogens with zero attached hydrogens (tertiary/aromatic N) is 4. The third-order valence-corrected chi connectivity index (χ3v) is 6.12. The van der Waals surface area contributed by atoms with Crippen molar-refractivity contribution in [3.63, 3.8) is 0 Å². The van der Waals surface area contributed by atoms with Crippen LogP contribution in [0.2, 0.25) is 0 Å². The van der Waals surface area contributed by atoms with E-state index in [0.717, 1.165) is 50.8 Å². The normalized spacial score (nSPS) is 23.7. The van der Waals surface area contributed by atoms with Crippen LogP contribution in [0.4, 0.5) is 11.8 Å². The molecule has 1 saturated carbocycles. The van der Waals surface area contributed by atoms with Crippen LogP contribution in [0.25, 0.3) is 0 Å². The maximum Gasteiger partial charge on any atom is 0.227 e. The topological polar surface area (TPSA) is 70.6 Å². The largest absolute Gasteiger partial charge is 0.373 e. The molecule has 3 heterocycles. The van der Waals surface area contributed by atoms with E-state index in [1.807, 2.05) is 13.1 Å². The fourth-order valence-corrected chi connectivity index (χ4v) is 4.20.